The summed E-state index contributed by atoms with van der Waals surface area (Å²) in [6.45, 7) is 5.24. The number of aliphatic imine (C=N–C) groups is 1. The summed E-state index contributed by atoms with van der Waals surface area (Å²) in [5.41, 5.74) is 0. The summed E-state index contributed by atoms with van der Waals surface area (Å²) in [7, 11) is 4.27. The van der Waals surface area contributed by atoms with Crippen LogP contribution in [0.1, 0.15) is 26.2 Å². The monoisotopic (exact) mass is 362 g/mol. The molecule has 0 spiro atoms. The lowest BCUT2D eigenvalue weighted by molar-refractivity contribution is 0.271. The van der Waals surface area contributed by atoms with Gasteiger partial charge in [0.1, 0.15) is 0 Å². The van der Waals surface area contributed by atoms with E-state index in [0.717, 1.165) is 44.5 Å². The molecule has 7 heteroatoms. The molecule has 1 aromatic heterocycles. The maximum atomic E-state index is 14.0. The largest absolute Gasteiger partial charge is 0.357 e. The Morgan fingerprint density at radius 3 is 2.88 bits per heavy atom. The number of nitrogens with one attached hydrogen (secondary N) is 2. The number of rotatable bonds is 7. The van der Waals surface area contributed by atoms with E-state index in [1.807, 2.05) is 4.90 Å². The zero-order chi connectivity index (χ0) is 18.5. The average molecular weight is 362 g/mol. The van der Waals surface area contributed by atoms with Crippen LogP contribution in [0, 0.1) is 11.7 Å². The van der Waals surface area contributed by atoms with Crippen molar-refractivity contribution >= 4 is 11.8 Å². The molecule has 144 valence electrons. The Morgan fingerprint density at radius 2 is 2.23 bits per heavy atom. The van der Waals surface area contributed by atoms with Gasteiger partial charge in [0, 0.05) is 37.9 Å². The first kappa shape index (κ1) is 18.9. The zero-order valence-electron chi connectivity index (χ0n) is 16.1. The minimum Gasteiger partial charge on any atom is -0.357 e. The van der Waals surface area contributed by atoms with Crippen molar-refractivity contribution in [1.29, 1.82) is 0 Å². The number of anilines is 1. The van der Waals surface area contributed by atoms with Crippen LogP contribution in [-0.2, 0) is 0 Å². The van der Waals surface area contributed by atoms with Crippen molar-refractivity contribution < 1.29 is 4.39 Å². The topological polar surface area (TPSA) is 55.8 Å². The highest BCUT2D eigenvalue weighted by Gasteiger charge is 2.32. The lowest BCUT2D eigenvalue weighted by atomic mass is 10.2. The average Bonchev–Trinajstić information content (AvgIpc) is 3.34. The maximum absolute atomic E-state index is 14.0. The van der Waals surface area contributed by atoms with Crippen molar-refractivity contribution in [2.45, 2.75) is 38.3 Å². The van der Waals surface area contributed by atoms with Gasteiger partial charge >= 0.3 is 0 Å². The fraction of sp³-hybridized carbons (Fsp3) is 0.684. The Hall–Kier alpha value is -1.89. The molecule has 26 heavy (non-hydrogen) atoms. The van der Waals surface area contributed by atoms with Crippen molar-refractivity contribution in [3.8, 4) is 0 Å². The first-order chi connectivity index (χ1) is 12.6. The number of likely N-dealkylation sites (N-methyl/N-ethyl adjacent to an activating group) is 1. The fourth-order valence-corrected chi connectivity index (χ4v) is 3.59. The third-order valence-corrected chi connectivity index (χ3v) is 5.18. The molecule has 1 aliphatic carbocycles. The van der Waals surface area contributed by atoms with E-state index in [1.165, 1.54) is 18.9 Å². The highest BCUT2D eigenvalue weighted by atomic mass is 19.1. The fourth-order valence-electron chi connectivity index (χ4n) is 3.59. The number of nitrogens with zero attached hydrogens (tertiary/aromatic N) is 4. The molecule has 2 heterocycles. The molecular weight excluding hydrogens is 331 g/mol. The number of halogens is 1. The molecule has 2 fully saturated rings. The minimum atomic E-state index is -0.257. The molecule has 0 bridgehead atoms. The number of aromatic nitrogens is 1. The Bertz CT molecular complexity index is 614. The Morgan fingerprint density at radius 1 is 1.42 bits per heavy atom. The van der Waals surface area contributed by atoms with Gasteiger partial charge in [-0.25, -0.2) is 9.37 Å². The SMILES string of the molecule is CCNC(=NCC(C1CC1)N(C)C)NC1CCN(c2ncccc2F)C1. The summed E-state index contributed by atoms with van der Waals surface area (Å²) < 4.78 is 14.0. The van der Waals surface area contributed by atoms with Gasteiger partial charge in [0.2, 0.25) is 0 Å². The number of guanidine groups is 1. The van der Waals surface area contributed by atoms with Crippen molar-refractivity contribution in [2.75, 3.05) is 45.2 Å². The highest BCUT2D eigenvalue weighted by Crippen LogP contribution is 2.34. The minimum absolute atomic E-state index is 0.243. The van der Waals surface area contributed by atoms with Crippen LogP contribution in [0.4, 0.5) is 10.2 Å². The predicted molar refractivity (Wildman–Crippen MR) is 104 cm³/mol. The summed E-state index contributed by atoms with van der Waals surface area (Å²) in [5.74, 6) is 1.83. The molecule has 2 unspecified atom stereocenters. The molecule has 1 saturated carbocycles. The molecule has 2 aliphatic rings. The molecule has 6 nitrogen and oxygen atoms in total. The van der Waals surface area contributed by atoms with E-state index in [0.29, 0.717) is 11.9 Å². The second-order valence-corrected chi connectivity index (χ2v) is 7.47. The highest BCUT2D eigenvalue weighted by molar-refractivity contribution is 5.80. The first-order valence-corrected chi connectivity index (χ1v) is 9.65. The van der Waals surface area contributed by atoms with Crippen LogP contribution in [0.3, 0.4) is 0 Å². The molecule has 1 aromatic rings. The molecule has 0 aromatic carbocycles. The van der Waals surface area contributed by atoms with Crippen molar-refractivity contribution in [1.82, 2.24) is 20.5 Å². The van der Waals surface area contributed by atoms with Gasteiger partial charge in [-0.15, -0.1) is 0 Å². The van der Waals surface area contributed by atoms with E-state index in [4.69, 9.17) is 4.99 Å². The van der Waals surface area contributed by atoms with Gasteiger partial charge in [0.05, 0.1) is 6.54 Å². The molecule has 1 aliphatic heterocycles. The van der Waals surface area contributed by atoms with E-state index >= 15 is 0 Å². The number of hydrogen-bond donors (Lipinski definition) is 2. The second-order valence-electron chi connectivity index (χ2n) is 7.47. The third kappa shape index (κ3) is 4.84. The predicted octanol–water partition coefficient (Wildman–Crippen LogP) is 1.69. The summed E-state index contributed by atoms with van der Waals surface area (Å²) in [5, 5.41) is 6.86. The Kier molecular flexibility index (Phi) is 6.29. The molecular formula is C19H31FN6. The zero-order valence-corrected chi connectivity index (χ0v) is 16.1. The molecule has 0 radical (unpaired) electrons. The third-order valence-electron chi connectivity index (χ3n) is 5.18. The quantitative estimate of drug-likeness (QED) is 0.571. The van der Waals surface area contributed by atoms with Crippen molar-refractivity contribution in [3.05, 3.63) is 24.1 Å². The van der Waals surface area contributed by atoms with E-state index in [9.17, 15) is 4.39 Å². The van der Waals surface area contributed by atoms with E-state index in [2.05, 4.69) is 41.5 Å². The number of hydrogen-bond acceptors (Lipinski definition) is 4. The lowest BCUT2D eigenvalue weighted by Gasteiger charge is -2.24. The Balaban J connectivity index is 1.58. The normalized spacial score (nSPS) is 22.0. The van der Waals surface area contributed by atoms with Gasteiger partial charge in [-0.2, -0.15) is 0 Å². The Labute approximate surface area is 155 Å². The second kappa shape index (κ2) is 8.66. The lowest BCUT2D eigenvalue weighted by Crippen LogP contribution is -2.45. The summed E-state index contributed by atoms with van der Waals surface area (Å²) in [6, 6.07) is 3.84. The molecule has 2 atom stereocenters. The van der Waals surface area contributed by atoms with Crippen LogP contribution >= 0.6 is 0 Å². The summed E-state index contributed by atoms with van der Waals surface area (Å²) >= 11 is 0. The molecule has 1 saturated heterocycles. The van der Waals surface area contributed by atoms with Gasteiger partial charge in [0.25, 0.3) is 0 Å². The smallest absolute Gasteiger partial charge is 0.191 e. The van der Waals surface area contributed by atoms with Crippen molar-refractivity contribution in [2.24, 2.45) is 10.9 Å². The van der Waals surface area contributed by atoms with Crippen LogP contribution in [0.25, 0.3) is 0 Å². The number of pyridine rings is 1. The maximum Gasteiger partial charge on any atom is 0.191 e. The van der Waals surface area contributed by atoms with E-state index in [1.54, 1.807) is 12.3 Å². The molecule has 2 N–H and O–H groups in total. The van der Waals surface area contributed by atoms with Crippen molar-refractivity contribution in [3.63, 3.8) is 0 Å². The van der Waals surface area contributed by atoms with Gasteiger partial charge in [-0.05, 0) is 58.3 Å². The van der Waals surface area contributed by atoms with Gasteiger partial charge in [-0.1, -0.05) is 0 Å². The van der Waals surface area contributed by atoms with Gasteiger partial charge in [0.15, 0.2) is 17.6 Å². The molecule has 0 amide bonds. The van der Waals surface area contributed by atoms with E-state index in [-0.39, 0.29) is 11.9 Å². The van der Waals surface area contributed by atoms with Gasteiger partial charge in [-0.3, -0.25) is 4.99 Å². The standard InChI is InChI=1S/C19H31FN6/c1-4-21-19(23-12-17(25(2)3)14-7-8-14)24-15-9-11-26(13-15)18-16(20)6-5-10-22-18/h5-6,10,14-15,17H,4,7-9,11-13H2,1-3H3,(H2,21,23,24). The van der Waals surface area contributed by atoms with Crippen LogP contribution in [0.2, 0.25) is 0 Å². The molecule has 3 rings (SSSR count). The van der Waals surface area contributed by atoms with Gasteiger partial charge < -0.3 is 20.4 Å². The van der Waals surface area contributed by atoms with Crippen LogP contribution in [-0.4, -0.2) is 68.2 Å². The van der Waals surface area contributed by atoms with Crippen LogP contribution in [0.15, 0.2) is 23.3 Å². The van der Waals surface area contributed by atoms with Crippen LogP contribution in [0.5, 0.6) is 0 Å². The first-order valence-electron chi connectivity index (χ1n) is 9.65. The summed E-state index contributed by atoms with van der Waals surface area (Å²) in [6.07, 6.45) is 5.22. The van der Waals surface area contributed by atoms with E-state index < -0.39 is 0 Å². The van der Waals surface area contributed by atoms with Crippen LogP contribution < -0.4 is 15.5 Å². The summed E-state index contributed by atoms with van der Waals surface area (Å²) in [4.78, 5) is 13.3.